The Kier molecular flexibility index (Phi) is 2.74. The third-order valence-electron chi connectivity index (χ3n) is 2.30. The smallest absolute Gasteiger partial charge is 0.0661 e. The lowest BCUT2D eigenvalue weighted by Gasteiger charge is -2.11. The maximum atomic E-state index is 8.72. The summed E-state index contributed by atoms with van der Waals surface area (Å²) in [6, 6.07) is 2.36. The number of nitrogens with zero attached hydrogens (tertiary/aromatic N) is 1. The Morgan fingerprint density at radius 3 is 2.50 bits per heavy atom. The summed E-state index contributed by atoms with van der Waals surface area (Å²) in [6.07, 6.45) is 6.06. The molecule has 0 spiro atoms. The number of nitriles is 1. The quantitative estimate of drug-likeness (QED) is 0.572. The van der Waals surface area contributed by atoms with Gasteiger partial charge >= 0.3 is 0 Å². The van der Waals surface area contributed by atoms with Gasteiger partial charge in [0.25, 0.3) is 0 Å². The molecular formula is C9H14N. The maximum absolute atomic E-state index is 8.72. The molecule has 0 bridgehead atoms. The Labute approximate surface area is 63.0 Å². The highest BCUT2D eigenvalue weighted by atomic mass is 14.3. The molecule has 0 aromatic rings. The normalized spacial score (nSPS) is 22.4. The lowest BCUT2D eigenvalue weighted by atomic mass is 9.90. The van der Waals surface area contributed by atoms with Gasteiger partial charge in [-0.05, 0) is 25.2 Å². The highest BCUT2D eigenvalue weighted by molar-refractivity contribution is 5.08. The van der Waals surface area contributed by atoms with Crippen molar-refractivity contribution >= 4 is 0 Å². The zero-order valence-corrected chi connectivity index (χ0v) is 6.56. The van der Waals surface area contributed by atoms with E-state index in [1.165, 1.54) is 31.6 Å². The molecule has 0 saturated heterocycles. The molecule has 1 rings (SSSR count). The summed E-state index contributed by atoms with van der Waals surface area (Å²) >= 11 is 0. The summed E-state index contributed by atoms with van der Waals surface area (Å²) in [5.74, 6) is 1.77. The van der Waals surface area contributed by atoms with E-state index in [0.717, 1.165) is 6.42 Å². The van der Waals surface area contributed by atoms with Crippen LogP contribution < -0.4 is 0 Å². The zero-order chi connectivity index (χ0) is 7.40. The van der Waals surface area contributed by atoms with Crippen molar-refractivity contribution in [3.63, 3.8) is 0 Å². The molecule has 1 aliphatic carbocycles. The first-order valence-corrected chi connectivity index (χ1v) is 4.12. The SMILES string of the molecule is CCC(C#N)[C]1CCCC1. The molecule has 0 amide bonds. The maximum Gasteiger partial charge on any atom is 0.0661 e. The molecule has 1 fully saturated rings. The number of rotatable bonds is 2. The molecule has 0 N–H and O–H groups in total. The third kappa shape index (κ3) is 1.50. The predicted octanol–water partition coefficient (Wildman–Crippen LogP) is 2.68. The van der Waals surface area contributed by atoms with Gasteiger partial charge < -0.3 is 0 Å². The molecule has 10 heavy (non-hydrogen) atoms. The molecule has 1 nitrogen and oxygen atoms in total. The van der Waals surface area contributed by atoms with Gasteiger partial charge in [0.15, 0.2) is 0 Å². The van der Waals surface area contributed by atoms with Gasteiger partial charge in [0.05, 0.1) is 12.0 Å². The first-order valence-electron chi connectivity index (χ1n) is 4.12. The lowest BCUT2D eigenvalue weighted by molar-refractivity contribution is 0.614. The van der Waals surface area contributed by atoms with Crippen molar-refractivity contribution in [1.82, 2.24) is 0 Å². The van der Waals surface area contributed by atoms with Crippen molar-refractivity contribution in [3.05, 3.63) is 5.92 Å². The van der Waals surface area contributed by atoms with Crippen LogP contribution in [0.25, 0.3) is 0 Å². The van der Waals surface area contributed by atoms with Crippen molar-refractivity contribution in [2.45, 2.75) is 39.0 Å². The number of hydrogen-bond acceptors (Lipinski definition) is 1. The Balaban J connectivity index is 2.38. The van der Waals surface area contributed by atoms with Crippen LogP contribution >= 0.6 is 0 Å². The van der Waals surface area contributed by atoms with Gasteiger partial charge in [-0.2, -0.15) is 5.26 Å². The fourth-order valence-corrected chi connectivity index (χ4v) is 1.65. The second kappa shape index (κ2) is 3.61. The Morgan fingerprint density at radius 1 is 1.50 bits per heavy atom. The van der Waals surface area contributed by atoms with Gasteiger partial charge in [-0.3, -0.25) is 0 Å². The summed E-state index contributed by atoms with van der Waals surface area (Å²) in [5, 5.41) is 8.72. The van der Waals surface area contributed by atoms with E-state index in [-0.39, 0.29) is 5.92 Å². The minimum Gasteiger partial charge on any atom is -0.198 e. The molecule has 0 aromatic heterocycles. The first-order chi connectivity index (χ1) is 4.88. The monoisotopic (exact) mass is 136 g/mol. The van der Waals surface area contributed by atoms with Crippen molar-refractivity contribution < 1.29 is 0 Å². The van der Waals surface area contributed by atoms with Gasteiger partial charge in [-0.1, -0.05) is 19.8 Å². The van der Waals surface area contributed by atoms with Crippen LogP contribution in [0.2, 0.25) is 0 Å². The fourth-order valence-electron chi connectivity index (χ4n) is 1.65. The second-order valence-electron chi connectivity index (χ2n) is 2.96. The average molecular weight is 136 g/mol. The second-order valence-corrected chi connectivity index (χ2v) is 2.96. The summed E-state index contributed by atoms with van der Waals surface area (Å²) in [7, 11) is 0. The lowest BCUT2D eigenvalue weighted by Crippen LogP contribution is -2.05. The standard InChI is InChI=1S/C9H14N/c1-2-8(7-10)9-5-3-4-6-9/h8H,2-6H2,1H3. The highest BCUT2D eigenvalue weighted by Gasteiger charge is 2.23. The minimum absolute atomic E-state index is 0.266. The molecule has 0 aromatic carbocycles. The van der Waals surface area contributed by atoms with Crippen LogP contribution in [0, 0.1) is 23.2 Å². The molecular weight excluding hydrogens is 122 g/mol. The van der Waals surface area contributed by atoms with Crippen molar-refractivity contribution in [3.8, 4) is 6.07 Å². The van der Waals surface area contributed by atoms with E-state index in [0.29, 0.717) is 0 Å². The summed E-state index contributed by atoms with van der Waals surface area (Å²) in [6.45, 7) is 2.10. The van der Waals surface area contributed by atoms with E-state index in [2.05, 4.69) is 13.0 Å². The molecule has 1 heteroatoms. The van der Waals surface area contributed by atoms with E-state index in [4.69, 9.17) is 5.26 Å². The molecule has 0 heterocycles. The predicted molar refractivity (Wildman–Crippen MR) is 41.1 cm³/mol. The molecule has 0 aliphatic heterocycles. The van der Waals surface area contributed by atoms with Crippen LogP contribution in [0.1, 0.15) is 39.0 Å². The molecule has 1 saturated carbocycles. The van der Waals surface area contributed by atoms with E-state index in [1.807, 2.05) is 0 Å². The van der Waals surface area contributed by atoms with E-state index in [9.17, 15) is 0 Å². The third-order valence-corrected chi connectivity index (χ3v) is 2.30. The Morgan fingerprint density at radius 2 is 2.10 bits per heavy atom. The molecule has 55 valence electrons. The van der Waals surface area contributed by atoms with Crippen LogP contribution in [0.5, 0.6) is 0 Å². The van der Waals surface area contributed by atoms with Crippen LogP contribution in [-0.4, -0.2) is 0 Å². The topological polar surface area (TPSA) is 23.8 Å². The van der Waals surface area contributed by atoms with Crippen LogP contribution in [0.4, 0.5) is 0 Å². The van der Waals surface area contributed by atoms with Crippen molar-refractivity contribution in [2.75, 3.05) is 0 Å². The fraction of sp³-hybridized carbons (Fsp3) is 0.778. The highest BCUT2D eigenvalue weighted by Crippen LogP contribution is 2.34. The summed E-state index contributed by atoms with van der Waals surface area (Å²) < 4.78 is 0. The van der Waals surface area contributed by atoms with Gasteiger partial charge in [0.1, 0.15) is 0 Å². The van der Waals surface area contributed by atoms with Gasteiger partial charge in [-0.15, -0.1) is 0 Å². The first kappa shape index (κ1) is 7.60. The molecule has 1 unspecified atom stereocenters. The molecule has 1 radical (unpaired) electrons. The van der Waals surface area contributed by atoms with E-state index < -0.39 is 0 Å². The average Bonchev–Trinajstić information content (AvgIpc) is 2.43. The Bertz CT molecular complexity index is 128. The van der Waals surface area contributed by atoms with Gasteiger partial charge in [-0.25, -0.2) is 0 Å². The molecule has 1 atom stereocenters. The molecule has 1 aliphatic rings. The van der Waals surface area contributed by atoms with Gasteiger partial charge in [0, 0.05) is 0 Å². The van der Waals surface area contributed by atoms with E-state index in [1.54, 1.807) is 0 Å². The minimum atomic E-state index is 0.266. The van der Waals surface area contributed by atoms with Crippen molar-refractivity contribution in [2.24, 2.45) is 5.92 Å². The summed E-state index contributed by atoms with van der Waals surface area (Å²) in [4.78, 5) is 0. The summed E-state index contributed by atoms with van der Waals surface area (Å²) in [5.41, 5.74) is 0. The van der Waals surface area contributed by atoms with Gasteiger partial charge in [0.2, 0.25) is 0 Å². The van der Waals surface area contributed by atoms with E-state index >= 15 is 0 Å². The number of hydrogen-bond donors (Lipinski definition) is 0. The zero-order valence-electron chi connectivity index (χ0n) is 6.56. The Hall–Kier alpha value is -0.510. The van der Waals surface area contributed by atoms with Crippen LogP contribution in [-0.2, 0) is 0 Å². The van der Waals surface area contributed by atoms with Crippen LogP contribution in [0.15, 0.2) is 0 Å². The van der Waals surface area contributed by atoms with Crippen LogP contribution in [0.3, 0.4) is 0 Å². The van der Waals surface area contributed by atoms with Crippen molar-refractivity contribution in [1.29, 1.82) is 5.26 Å². The largest absolute Gasteiger partial charge is 0.198 e.